The molecular formula is C19H22Cl2N2O3S. The second kappa shape index (κ2) is 8.50. The highest BCUT2D eigenvalue weighted by atomic mass is 35.5. The van der Waals surface area contributed by atoms with E-state index in [1.165, 1.54) is 12.1 Å². The molecule has 0 aromatic heterocycles. The molecule has 1 amide bonds. The van der Waals surface area contributed by atoms with Gasteiger partial charge < -0.3 is 5.32 Å². The number of carbonyl (C=O) groups is 1. The van der Waals surface area contributed by atoms with Crippen molar-refractivity contribution in [2.75, 3.05) is 17.1 Å². The first-order chi connectivity index (χ1) is 12.5. The van der Waals surface area contributed by atoms with Crippen molar-refractivity contribution in [2.45, 2.75) is 26.8 Å². The smallest absolute Gasteiger partial charge is 0.241 e. The summed E-state index contributed by atoms with van der Waals surface area (Å²) in [6.07, 6.45) is 1.02. The lowest BCUT2D eigenvalue weighted by Gasteiger charge is -2.24. The molecule has 5 nitrogen and oxygen atoms in total. The van der Waals surface area contributed by atoms with Gasteiger partial charge in [-0.1, -0.05) is 47.0 Å². The molecule has 2 rings (SSSR count). The predicted molar refractivity (Wildman–Crippen MR) is 111 cm³/mol. The zero-order chi connectivity index (χ0) is 20.4. The topological polar surface area (TPSA) is 66.5 Å². The van der Waals surface area contributed by atoms with Crippen molar-refractivity contribution >= 4 is 44.8 Å². The minimum absolute atomic E-state index is 0.168. The molecule has 146 valence electrons. The van der Waals surface area contributed by atoms with Crippen LogP contribution in [-0.4, -0.2) is 27.1 Å². The van der Waals surface area contributed by atoms with Crippen molar-refractivity contribution in [2.24, 2.45) is 0 Å². The molecule has 2 aromatic rings. The summed E-state index contributed by atoms with van der Waals surface area (Å²) >= 11 is 12.1. The van der Waals surface area contributed by atoms with Gasteiger partial charge in [0.15, 0.2) is 0 Å². The number of carbonyl (C=O) groups excluding carboxylic acids is 1. The summed E-state index contributed by atoms with van der Waals surface area (Å²) in [5, 5.41) is 3.36. The van der Waals surface area contributed by atoms with Gasteiger partial charge in [-0.2, -0.15) is 0 Å². The molecule has 0 heterocycles. The lowest BCUT2D eigenvalue weighted by Crippen LogP contribution is -2.41. The number of sulfonamides is 1. The molecule has 2 aromatic carbocycles. The summed E-state index contributed by atoms with van der Waals surface area (Å²) < 4.78 is 25.4. The Labute approximate surface area is 170 Å². The number of aryl methyl sites for hydroxylation is 2. The molecule has 0 saturated heterocycles. The minimum atomic E-state index is -3.74. The molecule has 1 atom stereocenters. The van der Waals surface area contributed by atoms with Crippen molar-refractivity contribution < 1.29 is 13.2 Å². The van der Waals surface area contributed by atoms with Crippen molar-refractivity contribution in [1.82, 2.24) is 5.32 Å². The van der Waals surface area contributed by atoms with Gasteiger partial charge in [0.05, 0.1) is 23.0 Å². The van der Waals surface area contributed by atoms with Gasteiger partial charge in [0.25, 0.3) is 0 Å². The molecule has 0 aliphatic heterocycles. The van der Waals surface area contributed by atoms with Crippen LogP contribution in [0.1, 0.15) is 29.7 Å². The number of hydrogen-bond acceptors (Lipinski definition) is 3. The normalized spacial score (nSPS) is 12.5. The predicted octanol–water partition coefficient (Wildman–Crippen LogP) is 4.25. The van der Waals surface area contributed by atoms with E-state index in [9.17, 15) is 13.2 Å². The Morgan fingerprint density at radius 2 is 1.81 bits per heavy atom. The maximum Gasteiger partial charge on any atom is 0.241 e. The van der Waals surface area contributed by atoms with E-state index in [0.717, 1.165) is 27.3 Å². The van der Waals surface area contributed by atoms with Gasteiger partial charge in [0.1, 0.15) is 6.54 Å². The van der Waals surface area contributed by atoms with E-state index in [4.69, 9.17) is 23.2 Å². The fraction of sp³-hybridized carbons (Fsp3) is 0.316. The summed E-state index contributed by atoms with van der Waals surface area (Å²) in [5.41, 5.74) is 3.33. The van der Waals surface area contributed by atoms with Crippen LogP contribution in [0.3, 0.4) is 0 Å². The highest BCUT2D eigenvalue weighted by Crippen LogP contribution is 2.30. The van der Waals surface area contributed by atoms with Crippen LogP contribution in [0.15, 0.2) is 36.4 Å². The SMILES string of the molecule is Cc1ccc([C@@H](C)NC(=O)CN(c2cc(Cl)ccc2Cl)S(C)(=O)=O)c(C)c1. The van der Waals surface area contributed by atoms with Gasteiger partial charge in [0, 0.05) is 5.02 Å². The Morgan fingerprint density at radius 3 is 2.41 bits per heavy atom. The number of nitrogens with zero attached hydrogens (tertiary/aromatic N) is 1. The lowest BCUT2D eigenvalue weighted by atomic mass is 10.0. The van der Waals surface area contributed by atoms with Gasteiger partial charge in [-0.15, -0.1) is 0 Å². The third-order valence-corrected chi connectivity index (χ3v) is 5.81. The van der Waals surface area contributed by atoms with Crippen LogP contribution < -0.4 is 9.62 Å². The van der Waals surface area contributed by atoms with Crippen LogP contribution in [0.25, 0.3) is 0 Å². The number of hydrogen-bond donors (Lipinski definition) is 1. The summed E-state index contributed by atoms with van der Waals surface area (Å²) in [6.45, 7) is 5.43. The highest BCUT2D eigenvalue weighted by molar-refractivity contribution is 7.92. The summed E-state index contributed by atoms with van der Waals surface area (Å²) in [7, 11) is -3.74. The van der Waals surface area contributed by atoms with E-state index in [1.807, 2.05) is 39.0 Å². The lowest BCUT2D eigenvalue weighted by molar-refractivity contribution is -0.120. The molecule has 0 unspecified atom stereocenters. The number of benzene rings is 2. The number of rotatable bonds is 6. The summed E-state index contributed by atoms with van der Waals surface area (Å²) in [4.78, 5) is 12.5. The van der Waals surface area contributed by atoms with Crippen LogP contribution in [0.4, 0.5) is 5.69 Å². The molecule has 0 spiro atoms. The first kappa shape index (κ1) is 21.5. The molecular weight excluding hydrogens is 407 g/mol. The quantitative estimate of drug-likeness (QED) is 0.747. The van der Waals surface area contributed by atoms with E-state index < -0.39 is 22.5 Å². The van der Waals surface area contributed by atoms with Gasteiger partial charge in [0.2, 0.25) is 15.9 Å². The Bertz CT molecular complexity index is 961. The van der Waals surface area contributed by atoms with E-state index in [-0.39, 0.29) is 16.8 Å². The minimum Gasteiger partial charge on any atom is -0.348 e. The maximum atomic E-state index is 12.5. The molecule has 0 fully saturated rings. The average molecular weight is 429 g/mol. The molecule has 0 saturated carbocycles. The van der Waals surface area contributed by atoms with Crippen LogP contribution in [0, 0.1) is 13.8 Å². The average Bonchev–Trinajstić information content (AvgIpc) is 2.54. The molecule has 27 heavy (non-hydrogen) atoms. The molecule has 1 N–H and O–H groups in total. The molecule has 8 heteroatoms. The number of anilines is 1. The number of amides is 1. The Morgan fingerprint density at radius 1 is 1.15 bits per heavy atom. The van der Waals surface area contributed by atoms with E-state index in [1.54, 1.807) is 6.07 Å². The van der Waals surface area contributed by atoms with Gasteiger partial charge in [-0.05, 0) is 50.1 Å². The van der Waals surface area contributed by atoms with Gasteiger partial charge in [-0.3, -0.25) is 9.10 Å². The van der Waals surface area contributed by atoms with Crippen LogP contribution >= 0.6 is 23.2 Å². The van der Waals surface area contributed by atoms with Gasteiger partial charge >= 0.3 is 0 Å². The Kier molecular flexibility index (Phi) is 6.78. The first-order valence-electron chi connectivity index (χ1n) is 8.28. The second-order valence-electron chi connectivity index (χ2n) is 6.51. The number of halogens is 2. The Hall–Kier alpha value is -1.76. The van der Waals surface area contributed by atoms with E-state index in [2.05, 4.69) is 5.32 Å². The largest absolute Gasteiger partial charge is 0.348 e. The van der Waals surface area contributed by atoms with Crippen molar-refractivity contribution in [3.05, 3.63) is 63.1 Å². The van der Waals surface area contributed by atoms with E-state index in [0.29, 0.717) is 5.02 Å². The monoisotopic (exact) mass is 428 g/mol. The summed E-state index contributed by atoms with van der Waals surface area (Å²) in [5.74, 6) is -0.441. The zero-order valence-corrected chi connectivity index (χ0v) is 17.9. The first-order valence-corrected chi connectivity index (χ1v) is 10.9. The third-order valence-electron chi connectivity index (χ3n) is 4.13. The highest BCUT2D eigenvalue weighted by Gasteiger charge is 2.24. The zero-order valence-electron chi connectivity index (χ0n) is 15.6. The maximum absolute atomic E-state index is 12.5. The van der Waals surface area contributed by atoms with Crippen molar-refractivity contribution in [3.63, 3.8) is 0 Å². The second-order valence-corrected chi connectivity index (χ2v) is 9.27. The van der Waals surface area contributed by atoms with E-state index >= 15 is 0 Å². The standard InChI is InChI=1S/C19H22Cl2N2O3S/c1-12-5-7-16(13(2)9-12)14(3)22-19(24)11-23(27(4,25)26)18-10-15(20)6-8-17(18)21/h5-10,14H,11H2,1-4H3,(H,22,24)/t14-/m1/s1. The van der Waals surface area contributed by atoms with Crippen molar-refractivity contribution in [3.8, 4) is 0 Å². The third kappa shape index (κ3) is 5.61. The molecule has 0 aliphatic carbocycles. The van der Waals surface area contributed by atoms with Crippen molar-refractivity contribution in [1.29, 1.82) is 0 Å². The van der Waals surface area contributed by atoms with Crippen LogP contribution in [-0.2, 0) is 14.8 Å². The molecule has 0 aliphatic rings. The van der Waals surface area contributed by atoms with Crippen LogP contribution in [0.5, 0.6) is 0 Å². The summed E-state index contributed by atoms with van der Waals surface area (Å²) in [6, 6.07) is 10.2. The van der Waals surface area contributed by atoms with Gasteiger partial charge in [-0.25, -0.2) is 8.42 Å². The number of nitrogens with one attached hydrogen (secondary N) is 1. The Balaban J connectivity index is 2.23. The fourth-order valence-corrected chi connectivity index (χ4v) is 4.16. The fourth-order valence-electron chi connectivity index (χ4n) is 2.86. The molecule has 0 bridgehead atoms. The van der Waals surface area contributed by atoms with Crippen LogP contribution in [0.2, 0.25) is 10.0 Å². The molecule has 0 radical (unpaired) electrons.